The number of ether oxygens (including phenoxy) is 1. The van der Waals surface area contributed by atoms with E-state index in [9.17, 15) is 0 Å². The summed E-state index contributed by atoms with van der Waals surface area (Å²) in [6.45, 7) is -0.502. The van der Waals surface area contributed by atoms with Crippen LogP contribution in [0.15, 0.2) is 212 Å². The summed E-state index contributed by atoms with van der Waals surface area (Å²) in [6, 6.07) is 70.6. The first kappa shape index (κ1) is 35.9. The molecule has 0 N–H and O–H groups in total. The van der Waals surface area contributed by atoms with Gasteiger partial charge in [0.2, 0.25) is 0 Å². The Morgan fingerprint density at radius 1 is 0.449 bits per heavy atom. The summed E-state index contributed by atoms with van der Waals surface area (Å²) in [4.78, 5) is 10.3. The highest BCUT2D eigenvalue weighted by molar-refractivity contribution is 6.11. The van der Waals surface area contributed by atoms with Gasteiger partial charge in [-0.2, -0.15) is 0 Å². The van der Waals surface area contributed by atoms with Gasteiger partial charge in [0.05, 0.1) is 55.5 Å². The van der Waals surface area contributed by atoms with Gasteiger partial charge in [0.25, 0.3) is 6.33 Å². The Balaban J connectivity index is 0.919. The van der Waals surface area contributed by atoms with Crippen molar-refractivity contribution in [2.45, 2.75) is 13.8 Å². The Kier molecular flexibility index (Phi) is 7.88. The van der Waals surface area contributed by atoms with Crippen LogP contribution in [0.1, 0.15) is 15.2 Å². The topological polar surface area (TPSA) is 58.6 Å². The van der Waals surface area contributed by atoms with E-state index in [0.29, 0.717) is 22.9 Å². The molecule has 69 heavy (non-hydrogen) atoms. The zero-order chi connectivity index (χ0) is 48.2. The molecule has 0 fully saturated rings. The Hall–Kier alpha value is -9.27. The molecule has 0 unspecified atom stereocenters. The van der Waals surface area contributed by atoms with Crippen LogP contribution in [0.25, 0.3) is 105 Å². The molecule has 0 saturated heterocycles. The van der Waals surface area contributed by atoms with Crippen molar-refractivity contribution in [1.82, 2.24) is 28.2 Å². The molecule has 0 bridgehead atoms. The maximum Gasteiger partial charge on any atom is 0.269 e. The molecule has 0 amide bonds. The van der Waals surface area contributed by atoms with Gasteiger partial charge in [-0.3, -0.25) is 22.8 Å². The van der Waals surface area contributed by atoms with Crippen molar-refractivity contribution < 1.29 is 13.4 Å². The summed E-state index contributed by atoms with van der Waals surface area (Å²) >= 11 is 0. The number of rotatable bonds is 7. The Labute approximate surface area is 400 Å². The molecule has 0 aliphatic rings. The molecular formula is C61H41N7O. The highest BCUT2D eigenvalue weighted by atomic mass is 16.5. The highest BCUT2D eigenvalue weighted by Gasteiger charge is 2.21. The molecular weight excluding hydrogens is 847 g/mol. The van der Waals surface area contributed by atoms with Crippen molar-refractivity contribution >= 4 is 76.5 Å². The number of aryl methyl sites for hydroxylation is 2. The fourth-order valence-corrected chi connectivity index (χ4v) is 10.3. The second kappa shape index (κ2) is 15.1. The van der Waals surface area contributed by atoms with Crippen LogP contribution in [-0.2, 0) is 0 Å². The molecule has 326 valence electrons. The molecule has 14 aromatic rings. The number of hydrogen-bond acceptors (Lipinski definition) is 3. The maximum absolute atomic E-state index is 8.22. The van der Waals surface area contributed by atoms with Crippen LogP contribution in [0.5, 0.6) is 11.5 Å². The quantitative estimate of drug-likeness (QED) is 0.118. The van der Waals surface area contributed by atoms with Crippen LogP contribution >= 0.6 is 0 Å². The summed E-state index contributed by atoms with van der Waals surface area (Å²) in [7, 11) is 0. The summed E-state index contributed by atoms with van der Waals surface area (Å²) < 4.78 is 42.2. The van der Waals surface area contributed by atoms with Crippen LogP contribution < -0.4 is 9.30 Å². The summed E-state index contributed by atoms with van der Waals surface area (Å²) in [5, 5.41) is 6.67. The lowest BCUT2D eigenvalue weighted by Gasteiger charge is -2.15. The lowest BCUT2D eigenvalue weighted by molar-refractivity contribution is -0.572. The third kappa shape index (κ3) is 6.05. The summed E-state index contributed by atoms with van der Waals surface area (Å²) in [5.74, 6) is 3.34. The molecule has 6 heterocycles. The molecule has 8 heteroatoms. The Morgan fingerprint density at radius 3 is 1.51 bits per heavy atom. The molecule has 8 nitrogen and oxygen atoms in total. The van der Waals surface area contributed by atoms with E-state index < -0.39 is 6.85 Å². The largest absolute Gasteiger partial charge is 0.458 e. The second-order valence-corrected chi connectivity index (χ2v) is 17.5. The Bertz CT molecular complexity index is 4280. The molecule has 0 aliphatic carbocycles. The van der Waals surface area contributed by atoms with Crippen molar-refractivity contribution in [3.05, 3.63) is 230 Å². The van der Waals surface area contributed by atoms with Crippen LogP contribution in [0.4, 0.5) is 0 Å². The number of fused-ring (bicyclic) bond motifs is 10. The molecule has 14 rings (SSSR count). The minimum atomic E-state index is -2.29. The molecule has 0 spiro atoms. The third-order valence-corrected chi connectivity index (χ3v) is 13.5. The molecule has 0 saturated carbocycles. The van der Waals surface area contributed by atoms with Gasteiger partial charge in [0.1, 0.15) is 29.0 Å². The predicted octanol–water partition coefficient (Wildman–Crippen LogP) is 14.2. The van der Waals surface area contributed by atoms with E-state index in [2.05, 4.69) is 176 Å². The number of para-hydroxylation sites is 7. The van der Waals surface area contributed by atoms with Crippen molar-refractivity contribution in [3.8, 4) is 40.3 Å². The van der Waals surface area contributed by atoms with Crippen LogP contribution in [0.2, 0.25) is 0 Å². The van der Waals surface area contributed by atoms with E-state index in [1.165, 1.54) is 0 Å². The highest BCUT2D eigenvalue weighted by Crippen LogP contribution is 2.38. The number of aromatic nitrogens is 7. The molecule has 8 aromatic carbocycles. The number of hydrogen-bond donors (Lipinski definition) is 0. The van der Waals surface area contributed by atoms with Gasteiger partial charge in [-0.15, -0.1) is 0 Å². The van der Waals surface area contributed by atoms with E-state index in [1.54, 1.807) is 19.2 Å². The zero-order valence-electron chi connectivity index (χ0n) is 40.2. The standard InChI is InChI=1S/C61H41N7O/c1-39-32-59(62-37-40(39)2)68-55-27-12-7-22-49(55)50-31-30-44(36-58(50)68)69-43-17-15-16-41(33-43)64-38-65(57-29-14-13-28-56(57)64)42-34-60(66-51-23-8-3-18-45(51)46-19-4-9-24-52(46)66)63-61(35-42)67-53-25-10-5-20-47(53)48-21-6-11-26-54(48)67/h3-37H,1-2H3/i1D3. The third-order valence-electron chi connectivity index (χ3n) is 13.5. The van der Waals surface area contributed by atoms with Gasteiger partial charge in [-0.1, -0.05) is 121 Å². The van der Waals surface area contributed by atoms with Crippen LogP contribution in [0.3, 0.4) is 0 Å². The first-order valence-corrected chi connectivity index (χ1v) is 23.0. The number of imidazole rings is 1. The van der Waals surface area contributed by atoms with E-state index >= 15 is 0 Å². The van der Waals surface area contributed by atoms with Crippen molar-refractivity contribution in [3.63, 3.8) is 0 Å². The zero-order valence-corrected chi connectivity index (χ0v) is 37.2. The number of benzene rings is 8. The molecule has 0 radical (unpaired) electrons. The normalized spacial score (nSPS) is 12.7. The van der Waals surface area contributed by atoms with Gasteiger partial charge in [-0.25, -0.2) is 9.97 Å². The van der Waals surface area contributed by atoms with Crippen LogP contribution in [-0.4, -0.2) is 28.2 Å². The summed E-state index contributed by atoms with van der Waals surface area (Å²) in [6.07, 6.45) is 5.41. The van der Waals surface area contributed by atoms with Gasteiger partial charge >= 0.3 is 0 Å². The minimum absolute atomic E-state index is 0.273. The average Bonchev–Trinajstić information content (AvgIpc) is 4.15. The Morgan fingerprint density at radius 2 is 0.942 bits per heavy atom. The average molecular weight is 891 g/mol. The number of nitrogens with zero attached hydrogens (tertiary/aromatic N) is 7. The van der Waals surface area contributed by atoms with E-state index in [-0.39, 0.29) is 5.56 Å². The lowest BCUT2D eigenvalue weighted by Crippen LogP contribution is -2.30. The first-order valence-electron chi connectivity index (χ1n) is 24.5. The van der Waals surface area contributed by atoms with Crippen LogP contribution in [0, 0.1) is 20.1 Å². The fraction of sp³-hybridized carbons (Fsp3) is 0.0328. The maximum atomic E-state index is 8.22. The first-order chi connectivity index (χ1) is 35.2. The minimum Gasteiger partial charge on any atom is -0.458 e. The second-order valence-electron chi connectivity index (χ2n) is 17.5. The molecule has 6 aromatic heterocycles. The van der Waals surface area contributed by atoms with Gasteiger partial charge < -0.3 is 4.74 Å². The van der Waals surface area contributed by atoms with E-state index in [4.69, 9.17) is 18.8 Å². The van der Waals surface area contributed by atoms with Crippen molar-refractivity contribution in [2.75, 3.05) is 0 Å². The number of pyridine rings is 2. The van der Waals surface area contributed by atoms with Gasteiger partial charge in [0.15, 0.2) is 0 Å². The monoisotopic (exact) mass is 890 g/mol. The fourth-order valence-electron chi connectivity index (χ4n) is 10.3. The lowest BCUT2D eigenvalue weighted by atomic mass is 10.1. The van der Waals surface area contributed by atoms with E-state index in [1.807, 2.05) is 53.1 Å². The van der Waals surface area contributed by atoms with Crippen molar-refractivity contribution in [2.24, 2.45) is 0 Å². The molecule has 0 aliphatic heterocycles. The van der Waals surface area contributed by atoms with E-state index in [0.717, 1.165) is 99.5 Å². The van der Waals surface area contributed by atoms with Gasteiger partial charge in [0, 0.05) is 48.7 Å². The van der Waals surface area contributed by atoms with Crippen molar-refractivity contribution in [1.29, 1.82) is 0 Å². The smallest absolute Gasteiger partial charge is 0.269 e. The predicted molar refractivity (Wildman–Crippen MR) is 278 cm³/mol. The summed E-state index contributed by atoms with van der Waals surface area (Å²) in [5.41, 5.74) is 10.6. The SMILES string of the molecule is [2H]C([2H])([2H])c1cc(-n2c3ccccc3c3ccc(Oc4cccc(-n5[c-][n+](-c6cc(-n7c8ccccc8c8ccccc87)nc(-n7c8ccccc8c8ccccc87)c6)c6ccccc65)c4)cc32)ncc1C. The molecule has 0 atom stereocenters. The van der Waals surface area contributed by atoms with Gasteiger partial charge in [-0.05, 0) is 104 Å².